The summed E-state index contributed by atoms with van der Waals surface area (Å²) in [5, 5.41) is 17.0. The maximum Gasteiger partial charge on any atom is 0.259 e. The highest BCUT2D eigenvalue weighted by Gasteiger charge is 2.59. The summed E-state index contributed by atoms with van der Waals surface area (Å²) in [5.41, 5.74) is 3.69. The van der Waals surface area contributed by atoms with Gasteiger partial charge < -0.3 is 4.90 Å². The Labute approximate surface area is 179 Å². The first kappa shape index (κ1) is 18.5. The van der Waals surface area contributed by atoms with Crippen molar-refractivity contribution < 1.29 is 4.79 Å². The van der Waals surface area contributed by atoms with E-state index in [9.17, 15) is 10.1 Å². The van der Waals surface area contributed by atoms with Crippen molar-refractivity contribution in [2.24, 2.45) is 0 Å². The molecule has 1 saturated heterocycles. The first-order chi connectivity index (χ1) is 14.6. The standard InChI is InChI=1S/C22H18N6OS/c1-14-12-24-13-19(17(14)11-23)27-20(29)22(8-2-9-22)28(21(27)30)16-5-3-15(4-6-16)18-7-10-25-26-18/h3-7,10,12-13H,2,8-9H2,1H3,(H,25,26). The lowest BCUT2D eigenvalue weighted by Gasteiger charge is -2.43. The second kappa shape index (κ2) is 6.75. The number of aromatic amines is 1. The minimum atomic E-state index is -0.691. The molecule has 1 aliphatic carbocycles. The smallest absolute Gasteiger partial charge is 0.259 e. The molecular weight excluding hydrogens is 396 g/mol. The fourth-order valence-corrected chi connectivity index (χ4v) is 4.73. The number of carbonyl (C=O) groups is 1. The number of aromatic nitrogens is 3. The van der Waals surface area contributed by atoms with E-state index in [0.717, 1.165) is 41.8 Å². The van der Waals surface area contributed by atoms with E-state index in [1.54, 1.807) is 18.6 Å². The van der Waals surface area contributed by atoms with Gasteiger partial charge in [0.25, 0.3) is 5.91 Å². The molecular formula is C22H18N6OS. The summed E-state index contributed by atoms with van der Waals surface area (Å²) in [6.07, 6.45) is 7.30. The number of rotatable bonds is 3. The quantitative estimate of drug-likeness (QED) is 0.657. The zero-order valence-corrected chi connectivity index (χ0v) is 17.1. The number of nitriles is 1. The summed E-state index contributed by atoms with van der Waals surface area (Å²) in [5.74, 6) is -0.0831. The number of amides is 1. The second-order valence-corrected chi connectivity index (χ2v) is 7.99. The van der Waals surface area contributed by atoms with Crippen LogP contribution in [0.2, 0.25) is 0 Å². The molecule has 148 valence electrons. The van der Waals surface area contributed by atoms with Crippen LogP contribution >= 0.6 is 12.2 Å². The molecule has 1 aromatic carbocycles. The van der Waals surface area contributed by atoms with Crippen molar-refractivity contribution in [3.8, 4) is 17.3 Å². The Balaban J connectivity index is 1.58. The molecule has 3 aromatic rings. The van der Waals surface area contributed by atoms with Gasteiger partial charge in [-0.3, -0.25) is 19.8 Å². The Morgan fingerprint density at radius 3 is 2.57 bits per heavy atom. The predicted molar refractivity (Wildman–Crippen MR) is 117 cm³/mol. The fraction of sp³-hybridized carbons (Fsp3) is 0.227. The molecule has 7 nitrogen and oxygen atoms in total. The largest absolute Gasteiger partial charge is 0.303 e. The van der Waals surface area contributed by atoms with Crippen molar-refractivity contribution in [3.63, 3.8) is 0 Å². The fourth-order valence-electron chi connectivity index (χ4n) is 4.27. The van der Waals surface area contributed by atoms with Crippen molar-refractivity contribution >= 4 is 34.6 Å². The Kier molecular flexibility index (Phi) is 4.15. The van der Waals surface area contributed by atoms with Gasteiger partial charge in [0.2, 0.25) is 0 Å². The van der Waals surface area contributed by atoms with Crippen molar-refractivity contribution in [2.75, 3.05) is 9.80 Å². The highest BCUT2D eigenvalue weighted by molar-refractivity contribution is 7.81. The summed E-state index contributed by atoms with van der Waals surface area (Å²) in [6.45, 7) is 1.81. The number of H-pyrrole nitrogens is 1. The van der Waals surface area contributed by atoms with E-state index in [0.29, 0.717) is 16.4 Å². The lowest BCUT2D eigenvalue weighted by molar-refractivity contribution is -0.123. The third-order valence-electron chi connectivity index (χ3n) is 6.00. The number of pyridine rings is 1. The Morgan fingerprint density at radius 1 is 1.20 bits per heavy atom. The van der Waals surface area contributed by atoms with Crippen LogP contribution in [0.3, 0.4) is 0 Å². The van der Waals surface area contributed by atoms with Gasteiger partial charge in [0.15, 0.2) is 5.11 Å². The SMILES string of the molecule is Cc1cncc(N2C(=O)C3(CCC3)N(c3ccc(-c4ccn[nH]4)cc3)C2=S)c1C#N. The number of hydrogen-bond acceptors (Lipinski definition) is 5. The number of nitrogens with zero attached hydrogens (tertiary/aromatic N) is 5. The second-order valence-electron chi connectivity index (χ2n) is 7.62. The lowest BCUT2D eigenvalue weighted by Crippen LogP contribution is -2.55. The van der Waals surface area contributed by atoms with Gasteiger partial charge in [-0.05, 0) is 67.7 Å². The molecule has 1 N–H and O–H groups in total. The number of hydrogen-bond donors (Lipinski definition) is 1. The van der Waals surface area contributed by atoms with Crippen molar-refractivity contribution in [1.29, 1.82) is 5.26 Å². The molecule has 2 aromatic heterocycles. The topological polar surface area (TPSA) is 88.9 Å². The average molecular weight is 414 g/mol. The van der Waals surface area contributed by atoms with Gasteiger partial charge in [-0.1, -0.05) is 12.1 Å². The Bertz CT molecular complexity index is 1190. The van der Waals surface area contributed by atoms with Gasteiger partial charge in [0.05, 0.1) is 23.1 Å². The number of carbonyl (C=O) groups excluding carboxylic acids is 1. The van der Waals surface area contributed by atoms with Crippen LogP contribution in [0.1, 0.15) is 30.4 Å². The van der Waals surface area contributed by atoms with Crippen LogP contribution in [-0.4, -0.2) is 31.7 Å². The lowest BCUT2D eigenvalue weighted by atomic mass is 9.75. The summed E-state index contributed by atoms with van der Waals surface area (Å²) in [6, 6.07) is 12.0. The van der Waals surface area contributed by atoms with Crippen molar-refractivity contribution in [2.45, 2.75) is 31.7 Å². The molecule has 0 unspecified atom stereocenters. The molecule has 1 amide bonds. The molecule has 3 heterocycles. The molecule has 1 saturated carbocycles. The van der Waals surface area contributed by atoms with Gasteiger partial charge in [0.1, 0.15) is 11.6 Å². The normalized spacial score (nSPS) is 17.3. The van der Waals surface area contributed by atoms with Crippen LogP contribution in [-0.2, 0) is 4.79 Å². The molecule has 5 rings (SSSR count). The summed E-state index contributed by atoms with van der Waals surface area (Å²) in [7, 11) is 0. The molecule has 0 radical (unpaired) electrons. The van der Waals surface area contributed by atoms with Gasteiger partial charge >= 0.3 is 0 Å². The monoisotopic (exact) mass is 414 g/mol. The van der Waals surface area contributed by atoms with Crippen LogP contribution in [0.4, 0.5) is 11.4 Å². The third kappa shape index (κ3) is 2.49. The Morgan fingerprint density at radius 2 is 1.97 bits per heavy atom. The van der Waals surface area contributed by atoms with E-state index in [1.165, 1.54) is 4.90 Å². The van der Waals surface area contributed by atoms with Crippen LogP contribution in [0, 0.1) is 18.3 Å². The Hall–Kier alpha value is -3.57. The summed E-state index contributed by atoms with van der Waals surface area (Å²) >= 11 is 5.79. The zero-order valence-electron chi connectivity index (χ0n) is 16.3. The predicted octanol–water partition coefficient (Wildman–Crippen LogP) is 3.71. The van der Waals surface area contributed by atoms with Crippen LogP contribution < -0.4 is 9.80 Å². The first-order valence-corrected chi connectivity index (χ1v) is 10.1. The summed E-state index contributed by atoms with van der Waals surface area (Å²) in [4.78, 5) is 21.2. The van der Waals surface area contributed by atoms with Crippen LogP contribution in [0.25, 0.3) is 11.3 Å². The number of nitrogens with one attached hydrogen (secondary N) is 1. The third-order valence-corrected chi connectivity index (χ3v) is 6.36. The van der Waals surface area contributed by atoms with E-state index >= 15 is 0 Å². The van der Waals surface area contributed by atoms with E-state index in [4.69, 9.17) is 12.2 Å². The molecule has 2 aliphatic rings. The summed E-state index contributed by atoms with van der Waals surface area (Å²) < 4.78 is 0. The minimum Gasteiger partial charge on any atom is -0.303 e. The maximum atomic E-state index is 13.6. The number of aryl methyl sites for hydroxylation is 1. The number of anilines is 2. The van der Waals surface area contributed by atoms with Gasteiger partial charge in [-0.25, -0.2) is 0 Å². The highest BCUT2D eigenvalue weighted by atomic mass is 32.1. The van der Waals surface area contributed by atoms with Gasteiger partial charge in [-0.15, -0.1) is 0 Å². The van der Waals surface area contributed by atoms with Gasteiger partial charge in [-0.2, -0.15) is 10.4 Å². The highest BCUT2D eigenvalue weighted by Crippen LogP contribution is 2.48. The first-order valence-electron chi connectivity index (χ1n) is 9.70. The molecule has 30 heavy (non-hydrogen) atoms. The van der Waals surface area contributed by atoms with Crippen molar-refractivity contribution in [1.82, 2.24) is 15.2 Å². The van der Waals surface area contributed by atoms with Crippen LogP contribution in [0.5, 0.6) is 0 Å². The van der Waals surface area contributed by atoms with Crippen LogP contribution in [0.15, 0.2) is 48.9 Å². The van der Waals surface area contributed by atoms with Gasteiger partial charge in [0, 0.05) is 18.1 Å². The molecule has 0 atom stereocenters. The number of benzene rings is 1. The average Bonchev–Trinajstić information content (AvgIpc) is 3.32. The molecule has 1 spiro atoms. The minimum absolute atomic E-state index is 0.0831. The zero-order chi connectivity index (χ0) is 20.9. The molecule has 1 aliphatic heterocycles. The van der Waals surface area contributed by atoms with E-state index < -0.39 is 5.54 Å². The number of thiocarbonyl (C=S) groups is 1. The van der Waals surface area contributed by atoms with Crippen molar-refractivity contribution in [3.05, 3.63) is 60.0 Å². The maximum absolute atomic E-state index is 13.6. The molecule has 2 fully saturated rings. The molecule has 8 heteroatoms. The van der Waals surface area contributed by atoms with E-state index in [-0.39, 0.29) is 5.91 Å². The molecule has 0 bridgehead atoms. The van der Waals surface area contributed by atoms with E-state index in [2.05, 4.69) is 21.3 Å². The van der Waals surface area contributed by atoms with E-state index in [1.807, 2.05) is 42.2 Å².